The van der Waals surface area contributed by atoms with Crippen LogP contribution in [0.2, 0.25) is 0 Å². The SMILES string of the molecule is CN(C)C(=O)c1nn(C)cc1NS(=O)(=O)c1cnc2c(cnn2C)c1. The Labute approximate surface area is 144 Å². The van der Waals surface area contributed by atoms with Gasteiger partial charge in [-0.15, -0.1) is 0 Å². The summed E-state index contributed by atoms with van der Waals surface area (Å²) in [4.78, 5) is 17.6. The highest BCUT2D eigenvalue weighted by Gasteiger charge is 2.23. The van der Waals surface area contributed by atoms with Gasteiger partial charge in [0.05, 0.1) is 11.9 Å². The lowest BCUT2D eigenvalue weighted by Gasteiger charge is -2.11. The highest BCUT2D eigenvalue weighted by molar-refractivity contribution is 7.92. The Morgan fingerprint density at radius 2 is 1.96 bits per heavy atom. The second-order valence-corrected chi connectivity index (χ2v) is 7.40. The molecule has 0 spiro atoms. The highest BCUT2D eigenvalue weighted by atomic mass is 32.2. The summed E-state index contributed by atoms with van der Waals surface area (Å²) in [6.45, 7) is 0. The molecule has 0 bridgehead atoms. The summed E-state index contributed by atoms with van der Waals surface area (Å²) in [5, 5.41) is 8.67. The zero-order valence-corrected chi connectivity index (χ0v) is 14.9. The van der Waals surface area contributed by atoms with Gasteiger partial charge in [-0.25, -0.2) is 13.4 Å². The molecule has 0 saturated carbocycles. The molecule has 3 heterocycles. The van der Waals surface area contributed by atoms with Crippen LogP contribution in [0.5, 0.6) is 0 Å². The lowest BCUT2D eigenvalue weighted by Crippen LogP contribution is -2.24. The van der Waals surface area contributed by atoms with E-state index in [0.717, 1.165) is 0 Å². The molecule has 3 rings (SSSR count). The molecule has 1 N–H and O–H groups in total. The number of hydrogen-bond donors (Lipinski definition) is 1. The predicted molar refractivity (Wildman–Crippen MR) is 90.5 cm³/mol. The summed E-state index contributed by atoms with van der Waals surface area (Å²) in [5.41, 5.74) is 0.697. The molecule has 1 amide bonds. The van der Waals surface area contributed by atoms with Gasteiger partial charge in [0.1, 0.15) is 4.90 Å². The molecule has 11 heteroatoms. The molecule has 0 aliphatic heterocycles. The van der Waals surface area contributed by atoms with Gasteiger partial charge in [0.15, 0.2) is 11.3 Å². The quantitative estimate of drug-likeness (QED) is 0.708. The van der Waals surface area contributed by atoms with E-state index in [9.17, 15) is 13.2 Å². The number of aromatic nitrogens is 5. The van der Waals surface area contributed by atoms with Gasteiger partial charge in [-0.3, -0.25) is 18.9 Å². The monoisotopic (exact) mass is 363 g/mol. The van der Waals surface area contributed by atoms with Crippen LogP contribution in [0.1, 0.15) is 10.5 Å². The Bertz CT molecular complexity index is 1070. The zero-order valence-electron chi connectivity index (χ0n) is 14.1. The Morgan fingerprint density at radius 1 is 1.24 bits per heavy atom. The largest absolute Gasteiger partial charge is 0.343 e. The fourth-order valence-electron chi connectivity index (χ4n) is 2.31. The Kier molecular flexibility index (Phi) is 3.95. The van der Waals surface area contributed by atoms with E-state index >= 15 is 0 Å². The summed E-state index contributed by atoms with van der Waals surface area (Å²) >= 11 is 0. The number of nitrogens with zero attached hydrogens (tertiary/aromatic N) is 6. The van der Waals surface area contributed by atoms with Crippen molar-refractivity contribution in [2.75, 3.05) is 18.8 Å². The van der Waals surface area contributed by atoms with Crippen molar-refractivity contribution >= 4 is 32.7 Å². The first kappa shape index (κ1) is 16.9. The van der Waals surface area contributed by atoms with Gasteiger partial charge in [0.25, 0.3) is 15.9 Å². The first-order chi connectivity index (χ1) is 11.7. The van der Waals surface area contributed by atoms with Crippen molar-refractivity contribution in [2.24, 2.45) is 14.1 Å². The molecule has 0 aliphatic rings. The molecule has 10 nitrogen and oxygen atoms in total. The van der Waals surface area contributed by atoms with E-state index in [0.29, 0.717) is 11.0 Å². The van der Waals surface area contributed by atoms with Crippen molar-refractivity contribution in [3.8, 4) is 0 Å². The third-order valence-corrected chi connectivity index (χ3v) is 4.87. The maximum absolute atomic E-state index is 12.7. The smallest absolute Gasteiger partial charge is 0.276 e. The van der Waals surface area contributed by atoms with Gasteiger partial charge in [-0.1, -0.05) is 0 Å². The van der Waals surface area contributed by atoms with E-state index in [4.69, 9.17) is 0 Å². The molecule has 3 aromatic rings. The lowest BCUT2D eigenvalue weighted by atomic mass is 10.3. The number of carbonyl (C=O) groups excluding carboxylic acids is 1. The number of sulfonamides is 1. The van der Waals surface area contributed by atoms with Crippen molar-refractivity contribution in [3.05, 3.63) is 30.4 Å². The molecule has 0 unspecified atom stereocenters. The van der Waals surface area contributed by atoms with Gasteiger partial charge in [-0.2, -0.15) is 10.2 Å². The number of nitrogens with one attached hydrogen (secondary N) is 1. The third-order valence-electron chi connectivity index (χ3n) is 3.54. The second-order valence-electron chi connectivity index (χ2n) is 5.72. The van der Waals surface area contributed by atoms with Crippen molar-refractivity contribution in [3.63, 3.8) is 0 Å². The fourth-order valence-corrected chi connectivity index (χ4v) is 3.34. The zero-order chi connectivity index (χ0) is 18.4. The van der Waals surface area contributed by atoms with Crippen LogP contribution in [0, 0.1) is 0 Å². The standard InChI is InChI=1S/C14H17N7O3S/c1-19(2)14(22)12-11(8-20(3)17-12)18-25(23,24)10-5-9-6-16-21(4)13(9)15-7-10/h5-8,18H,1-4H3. The first-order valence-corrected chi connectivity index (χ1v) is 8.73. The topological polar surface area (TPSA) is 115 Å². The van der Waals surface area contributed by atoms with Gasteiger partial charge < -0.3 is 4.90 Å². The number of rotatable bonds is 4. The van der Waals surface area contributed by atoms with Crippen LogP contribution >= 0.6 is 0 Å². The van der Waals surface area contributed by atoms with Crippen LogP contribution in [-0.4, -0.2) is 57.9 Å². The molecule has 3 aromatic heterocycles. The maximum Gasteiger partial charge on any atom is 0.276 e. The Hall–Kier alpha value is -2.95. The number of fused-ring (bicyclic) bond motifs is 1. The summed E-state index contributed by atoms with van der Waals surface area (Å²) in [6.07, 6.45) is 4.22. The Balaban J connectivity index is 2.00. The fraction of sp³-hybridized carbons (Fsp3) is 0.286. The summed E-state index contributed by atoms with van der Waals surface area (Å²) in [6, 6.07) is 1.47. The average molecular weight is 363 g/mol. The normalized spacial score (nSPS) is 11.7. The first-order valence-electron chi connectivity index (χ1n) is 7.25. The van der Waals surface area contributed by atoms with E-state index in [-0.39, 0.29) is 16.3 Å². The number of pyridine rings is 1. The minimum absolute atomic E-state index is 0.0199. The van der Waals surface area contributed by atoms with E-state index < -0.39 is 15.9 Å². The van der Waals surface area contributed by atoms with Crippen LogP contribution in [0.4, 0.5) is 5.69 Å². The minimum Gasteiger partial charge on any atom is -0.343 e. The number of carbonyl (C=O) groups is 1. The average Bonchev–Trinajstić information content (AvgIpc) is 3.09. The van der Waals surface area contributed by atoms with Crippen molar-refractivity contribution in [1.82, 2.24) is 29.4 Å². The molecule has 0 saturated heterocycles. The minimum atomic E-state index is -3.94. The molecule has 0 aliphatic carbocycles. The van der Waals surface area contributed by atoms with Crippen LogP contribution in [0.25, 0.3) is 11.0 Å². The number of amides is 1. The number of hydrogen-bond acceptors (Lipinski definition) is 6. The summed E-state index contributed by atoms with van der Waals surface area (Å²) < 4.78 is 30.7. The van der Waals surface area contributed by atoms with Crippen LogP contribution in [-0.2, 0) is 24.1 Å². The lowest BCUT2D eigenvalue weighted by molar-refractivity contribution is 0.0822. The molecule has 0 atom stereocenters. The van der Waals surface area contributed by atoms with Gasteiger partial charge in [0.2, 0.25) is 0 Å². The summed E-state index contributed by atoms with van der Waals surface area (Å²) in [5.74, 6) is -0.404. The van der Waals surface area contributed by atoms with Crippen LogP contribution < -0.4 is 4.72 Å². The van der Waals surface area contributed by atoms with Gasteiger partial charge >= 0.3 is 0 Å². The van der Waals surface area contributed by atoms with Crippen molar-refractivity contribution < 1.29 is 13.2 Å². The van der Waals surface area contributed by atoms with E-state index in [1.165, 1.54) is 34.2 Å². The predicted octanol–water partition coefficient (Wildman–Crippen LogP) is 0.204. The third kappa shape index (κ3) is 3.05. The highest BCUT2D eigenvalue weighted by Crippen LogP contribution is 2.21. The van der Waals surface area contributed by atoms with Crippen molar-refractivity contribution in [1.29, 1.82) is 0 Å². The summed E-state index contributed by atoms with van der Waals surface area (Å²) in [7, 11) is 2.52. The van der Waals surface area contributed by atoms with E-state index in [2.05, 4.69) is 19.9 Å². The second kappa shape index (κ2) is 5.84. The van der Waals surface area contributed by atoms with Crippen molar-refractivity contribution in [2.45, 2.75) is 4.90 Å². The molecule has 0 radical (unpaired) electrons. The molecule has 132 valence electrons. The molecular formula is C14H17N7O3S. The van der Waals surface area contributed by atoms with Gasteiger partial charge in [0, 0.05) is 46.0 Å². The molecule has 25 heavy (non-hydrogen) atoms. The maximum atomic E-state index is 12.7. The van der Waals surface area contributed by atoms with Gasteiger partial charge in [-0.05, 0) is 6.07 Å². The van der Waals surface area contributed by atoms with Crippen LogP contribution in [0.15, 0.2) is 29.6 Å². The van der Waals surface area contributed by atoms with E-state index in [1.54, 1.807) is 32.9 Å². The van der Waals surface area contributed by atoms with E-state index in [1.807, 2.05) is 0 Å². The number of anilines is 1. The molecule has 0 aromatic carbocycles. The molecule has 0 fully saturated rings. The molecular weight excluding hydrogens is 346 g/mol. The Morgan fingerprint density at radius 3 is 2.64 bits per heavy atom. The number of aryl methyl sites for hydroxylation is 2. The van der Waals surface area contributed by atoms with Crippen LogP contribution in [0.3, 0.4) is 0 Å².